The second kappa shape index (κ2) is 6.66. The molecule has 28 heavy (non-hydrogen) atoms. The maximum Gasteiger partial charge on any atom is 0.256 e. The van der Waals surface area contributed by atoms with Crippen molar-refractivity contribution in [3.05, 3.63) is 83.6 Å². The summed E-state index contributed by atoms with van der Waals surface area (Å²) in [7, 11) is 0. The van der Waals surface area contributed by atoms with Crippen molar-refractivity contribution in [2.45, 2.75) is 13.1 Å². The van der Waals surface area contributed by atoms with E-state index in [1.54, 1.807) is 38.3 Å². The molecule has 5 rings (SSSR count). The van der Waals surface area contributed by atoms with Gasteiger partial charge in [-0.15, -0.1) is 0 Å². The normalized spacial score (nSPS) is 13.4. The van der Waals surface area contributed by atoms with Gasteiger partial charge >= 0.3 is 0 Å². The highest BCUT2D eigenvalue weighted by Crippen LogP contribution is 2.28. The topological polar surface area (TPSA) is 51.0 Å². The molecule has 2 aromatic heterocycles. The number of fused-ring (bicyclic) bond motifs is 2. The number of carbonyl (C=O) groups is 1. The van der Waals surface area contributed by atoms with Crippen molar-refractivity contribution in [2.24, 2.45) is 0 Å². The minimum absolute atomic E-state index is 0.109. The molecule has 1 aliphatic rings. The maximum absolute atomic E-state index is 14.5. The first-order valence-electron chi connectivity index (χ1n) is 8.76. The van der Waals surface area contributed by atoms with Gasteiger partial charge in [-0.3, -0.25) is 9.78 Å². The van der Waals surface area contributed by atoms with Gasteiger partial charge in [0.05, 0.1) is 46.2 Å². The largest absolute Gasteiger partial charge is 0.328 e. The van der Waals surface area contributed by atoms with Crippen molar-refractivity contribution >= 4 is 39.7 Å². The molecule has 0 bridgehead atoms. The standard InChI is InChI=1S/C21H14FIN4O/c22-18-6-5-13(14-3-4-15-11-27(23)25-19(15)9-14)8-16(18)10-26-12-20-17(21(26)28)2-1-7-24-20/h1-9,11H,10,12H2. The van der Waals surface area contributed by atoms with Gasteiger partial charge in [0.2, 0.25) is 0 Å². The van der Waals surface area contributed by atoms with Crippen molar-refractivity contribution < 1.29 is 9.18 Å². The summed E-state index contributed by atoms with van der Waals surface area (Å²) >= 11 is 2.11. The predicted molar refractivity (Wildman–Crippen MR) is 112 cm³/mol. The summed E-state index contributed by atoms with van der Waals surface area (Å²) in [6.07, 6.45) is 3.62. The minimum atomic E-state index is -0.321. The first kappa shape index (κ1) is 17.3. The molecular weight excluding hydrogens is 470 g/mol. The van der Waals surface area contributed by atoms with Crippen LogP contribution < -0.4 is 0 Å². The molecule has 7 heteroatoms. The summed E-state index contributed by atoms with van der Waals surface area (Å²) < 4.78 is 16.2. The van der Waals surface area contributed by atoms with Gasteiger partial charge in [0, 0.05) is 29.9 Å². The monoisotopic (exact) mass is 484 g/mol. The fraction of sp³-hybridized carbons (Fsp3) is 0.0952. The molecular formula is C21H14FIN4O. The second-order valence-electron chi connectivity index (χ2n) is 6.76. The Balaban J connectivity index is 1.47. The molecule has 5 nitrogen and oxygen atoms in total. The van der Waals surface area contributed by atoms with E-state index in [4.69, 9.17) is 0 Å². The Kier molecular flexibility index (Phi) is 4.12. The van der Waals surface area contributed by atoms with Crippen LogP contribution in [0.2, 0.25) is 0 Å². The van der Waals surface area contributed by atoms with Crippen LogP contribution in [0.1, 0.15) is 21.6 Å². The number of nitrogens with zero attached hydrogens (tertiary/aromatic N) is 4. The average molecular weight is 484 g/mol. The van der Waals surface area contributed by atoms with Crippen molar-refractivity contribution in [1.29, 1.82) is 0 Å². The minimum Gasteiger partial charge on any atom is -0.328 e. The smallest absolute Gasteiger partial charge is 0.256 e. The zero-order chi connectivity index (χ0) is 19.3. The number of benzene rings is 2. The first-order valence-corrected chi connectivity index (χ1v) is 9.72. The fourth-order valence-corrected chi connectivity index (χ4v) is 4.09. The summed E-state index contributed by atoms with van der Waals surface area (Å²) in [6, 6.07) is 14.5. The predicted octanol–water partition coefficient (Wildman–Crippen LogP) is 4.59. The quantitative estimate of drug-likeness (QED) is 0.400. The summed E-state index contributed by atoms with van der Waals surface area (Å²) in [4.78, 5) is 18.4. The van der Waals surface area contributed by atoms with E-state index in [-0.39, 0.29) is 18.3 Å². The fourth-order valence-electron chi connectivity index (χ4n) is 3.56. The van der Waals surface area contributed by atoms with E-state index in [2.05, 4.69) is 32.9 Å². The number of carbonyl (C=O) groups excluding carboxylic acids is 1. The highest BCUT2D eigenvalue weighted by Gasteiger charge is 2.28. The van der Waals surface area contributed by atoms with Crippen LogP contribution in [-0.2, 0) is 13.1 Å². The van der Waals surface area contributed by atoms with Crippen molar-refractivity contribution in [1.82, 2.24) is 17.9 Å². The number of halogens is 2. The Morgan fingerprint density at radius 1 is 1.11 bits per heavy atom. The molecule has 0 N–H and O–H groups in total. The van der Waals surface area contributed by atoms with E-state index in [9.17, 15) is 9.18 Å². The molecule has 1 aliphatic heterocycles. The SMILES string of the molecule is O=C1c2cccnc2CN1Cc1cc(-c2ccc3cn(I)nc3c2)ccc1F. The number of pyridine rings is 1. The third kappa shape index (κ3) is 2.95. The van der Waals surface area contributed by atoms with Crippen LogP contribution in [-0.4, -0.2) is 23.8 Å². The number of amides is 1. The van der Waals surface area contributed by atoms with Gasteiger partial charge in [-0.05, 0) is 41.5 Å². The van der Waals surface area contributed by atoms with Gasteiger partial charge in [-0.25, -0.2) is 7.29 Å². The van der Waals surface area contributed by atoms with E-state index in [0.717, 1.165) is 27.7 Å². The molecule has 0 aliphatic carbocycles. The van der Waals surface area contributed by atoms with Gasteiger partial charge in [-0.1, -0.05) is 18.2 Å². The molecule has 3 heterocycles. The maximum atomic E-state index is 14.5. The second-order valence-corrected chi connectivity index (χ2v) is 7.74. The molecule has 0 unspecified atom stereocenters. The van der Waals surface area contributed by atoms with Crippen LogP contribution in [0.3, 0.4) is 0 Å². The Morgan fingerprint density at radius 2 is 1.93 bits per heavy atom. The molecule has 0 saturated heterocycles. The summed E-state index contributed by atoms with van der Waals surface area (Å²) in [5.41, 5.74) is 4.56. The molecule has 138 valence electrons. The number of rotatable bonds is 3. The summed E-state index contributed by atoms with van der Waals surface area (Å²) in [5, 5.41) is 5.47. The molecule has 2 aromatic carbocycles. The zero-order valence-electron chi connectivity index (χ0n) is 14.6. The Labute approximate surface area is 174 Å². The zero-order valence-corrected chi connectivity index (χ0v) is 16.8. The first-order chi connectivity index (χ1) is 13.6. The van der Waals surface area contributed by atoms with Crippen molar-refractivity contribution in [3.8, 4) is 11.1 Å². The molecule has 4 aromatic rings. The van der Waals surface area contributed by atoms with Crippen LogP contribution in [0.25, 0.3) is 22.0 Å². The number of aromatic nitrogens is 3. The van der Waals surface area contributed by atoms with Crippen LogP contribution in [0.15, 0.2) is 60.9 Å². The summed E-state index contributed by atoms with van der Waals surface area (Å²) in [6.45, 7) is 0.608. The lowest BCUT2D eigenvalue weighted by Gasteiger charge is -2.16. The lowest BCUT2D eigenvalue weighted by atomic mass is 10.0. The Hall–Kier alpha value is -2.81. The van der Waals surface area contributed by atoms with Crippen molar-refractivity contribution in [3.63, 3.8) is 0 Å². The van der Waals surface area contributed by atoms with Gasteiger partial charge < -0.3 is 4.90 Å². The highest BCUT2D eigenvalue weighted by molar-refractivity contribution is 14.1. The van der Waals surface area contributed by atoms with E-state index in [0.29, 0.717) is 17.7 Å². The van der Waals surface area contributed by atoms with Crippen molar-refractivity contribution in [2.75, 3.05) is 0 Å². The van der Waals surface area contributed by atoms with Crippen LogP contribution in [0, 0.1) is 5.82 Å². The Morgan fingerprint density at radius 3 is 2.79 bits per heavy atom. The highest BCUT2D eigenvalue weighted by atomic mass is 127. The van der Waals surface area contributed by atoms with Crippen LogP contribution in [0.5, 0.6) is 0 Å². The molecule has 1 amide bonds. The van der Waals surface area contributed by atoms with Crippen LogP contribution in [0.4, 0.5) is 4.39 Å². The Bertz CT molecular complexity index is 1240. The summed E-state index contributed by atoms with van der Waals surface area (Å²) in [5.74, 6) is -0.431. The third-order valence-corrected chi connectivity index (χ3v) is 5.46. The molecule has 0 saturated carbocycles. The average Bonchev–Trinajstić information content (AvgIpc) is 3.22. The van der Waals surface area contributed by atoms with E-state index in [1.807, 2.05) is 24.4 Å². The van der Waals surface area contributed by atoms with Gasteiger partial charge in [0.15, 0.2) is 0 Å². The lowest BCUT2D eigenvalue weighted by Crippen LogP contribution is -2.23. The molecule has 0 fully saturated rings. The van der Waals surface area contributed by atoms with Gasteiger partial charge in [-0.2, -0.15) is 5.10 Å². The molecule has 0 radical (unpaired) electrons. The molecule has 0 spiro atoms. The number of hydrogen-bond donors (Lipinski definition) is 0. The van der Waals surface area contributed by atoms with E-state index < -0.39 is 0 Å². The van der Waals surface area contributed by atoms with Gasteiger partial charge in [0.1, 0.15) is 5.82 Å². The molecule has 0 atom stereocenters. The van der Waals surface area contributed by atoms with E-state index >= 15 is 0 Å². The number of hydrogen-bond acceptors (Lipinski definition) is 3. The lowest BCUT2D eigenvalue weighted by molar-refractivity contribution is 0.0765. The van der Waals surface area contributed by atoms with Gasteiger partial charge in [0.25, 0.3) is 5.91 Å². The van der Waals surface area contributed by atoms with E-state index in [1.165, 1.54) is 6.07 Å². The van der Waals surface area contributed by atoms with Crippen LogP contribution >= 0.6 is 22.9 Å². The third-order valence-electron chi connectivity index (χ3n) is 4.97.